The summed E-state index contributed by atoms with van der Waals surface area (Å²) in [6.45, 7) is 4.26. The summed E-state index contributed by atoms with van der Waals surface area (Å²) in [5, 5.41) is 2.87. The Balaban J connectivity index is 1.52. The molecule has 1 amide bonds. The van der Waals surface area contributed by atoms with Crippen LogP contribution < -0.4 is 11.0 Å². The van der Waals surface area contributed by atoms with Crippen molar-refractivity contribution in [1.82, 2.24) is 14.5 Å². The highest BCUT2D eigenvalue weighted by atomic mass is 16.2. The van der Waals surface area contributed by atoms with E-state index >= 15 is 0 Å². The SMILES string of the molecule is Cc1nc(NC(=O)CCn2c(=O)[nH]c3ccccc32)cc(-c2ccccc2)c1C. The maximum absolute atomic E-state index is 12.5. The molecule has 0 aliphatic heterocycles. The van der Waals surface area contributed by atoms with Crippen molar-refractivity contribution in [3.8, 4) is 11.1 Å². The van der Waals surface area contributed by atoms with Gasteiger partial charge < -0.3 is 10.3 Å². The Bertz CT molecular complexity index is 1240. The van der Waals surface area contributed by atoms with Gasteiger partial charge in [0.1, 0.15) is 5.82 Å². The molecule has 0 radical (unpaired) electrons. The minimum atomic E-state index is -0.213. The lowest BCUT2D eigenvalue weighted by Gasteiger charge is -2.12. The Kier molecular flexibility index (Phi) is 4.99. The number of carbonyl (C=O) groups excluding carboxylic acids is 1. The Hall–Kier alpha value is -3.67. The van der Waals surface area contributed by atoms with Crippen molar-refractivity contribution < 1.29 is 4.79 Å². The summed E-state index contributed by atoms with van der Waals surface area (Å²) in [7, 11) is 0. The molecule has 4 aromatic rings. The zero-order valence-corrected chi connectivity index (χ0v) is 16.4. The largest absolute Gasteiger partial charge is 0.326 e. The van der Waals surface area contributed by atoms with E-state index in [0.29, 0.717) is 12.4 Å². The standard InChI is InChI=1S/C23H22N4O2/c1-15-16(2)24-21(14-18(15)17-8-4-3-5-9-17)26-22(28)12-13-27-20-11-7-6-10-19(20)25-23(27)29/h3-11,14H,12-13H2,1-2H3,(H,25,29)(H,24,26,28). The van der Waals surface area contributed by atoms with E-state index in [1.165, 1.54) is 0 Å². The first-order valence-electron chi connectivity index (χ1n) is 9.54. The first-order valence-corrected chi connectivity index (χ1v) is 9.54. The third-order valence-corrected chi connectivity index (χ3v) is 5.11. The molecule has 0 bridgehead atoms. The molecule has 2 N–H and O–H groups in total. The van der Waals surface area contributed by atoms with Crippen LogP contribution in [0.4, 0.5) is 5.82 Å². The number of anilines is 1. The Morgan fingerprint density at radius 2 is 1.79 bits per heavy atom. The van der Waals surface area contributed by atoms with Gasteiger partial charge in [0, 0.05) is 18.7 Å². The maximum atomic E-state index is 12.5. The van der Waals surface area contributed by atoms with Crippen LogP contribution in [0.15, 0.2) is 65.5 Å². The lowest BCUT2D eigenvalue weighted by Crippen LogP contribution is -2.21. The van der Waals surface area contributed by atoms with Gasteiger partial charge in [-0.3, -0.25) is 9.36 Å². The molecule has 2 aromatic carbocycles. The van der Waals surface area contributed by atoms with E-state index in [1.807, 2.05) is 74.5 Å². The van der Waals surface area contributed by atoms with Crippen LogP contribution in [0.1, 0.15) is 17.7 Å². The molecule has 0 fully saturated rings. The normalized spacial score (nSPS) is 11.0. The smallest absolute Gasteiger partial charge is 0.311 e. The molecular formula is C23H22N4O2. The van der Waals surface area contributed by atoms with Crippen molar-refractivity contribution in [1.29, 1.82) is 0 Å². The number of amides is 1. The van der Waals surface area contributed by atoms with E-state index in [2.05, 4.69) is 15.3 Å². The van der Waals surface area contributed by atoms with Gasteiger partial charge in [0.05, 0.1) is 11.0 Å². The fourth-order valence-corrected chi connectivity index (χ4v) is 3.47. The number of nitrogens with one attached hydrogen (secondary N) is 2. The number of hydrogen-bond acceptors (Lipinski definition) is 3. The summed E-state index contributed by atoms with van der Waals surface area (Å²) in [6, 6.07) is 19.4. The van der Waals surface area contributed by atoms with Gasteiger partial charge in [-0.15, -0.1) is 0 Å². The number of aryl methyl sites for hydroxylation is 2. The van der Waals surface area contributed by atoms with Gasteiger partial charge in [0.2, 0.25) is 5.91 Å². The predicted octanol–water partition coefficient (Wildman–Crippen LogP) is 4.04. The Labute approximate surface area is 168 Å². The van der Waals surface area contributed by atoms with E-state index < -0.39 is 0 Å². The Morgan fingerprint density at radius 1 is 1.07 bits per heavy atom. The first-order chi connectivity index (χ1) is 14.0. The molecule has 0 atom stereocenters. The van der Waals surface area contributed by atoms with Crippen molar-refractivity contribution in [2.24, 2.45) is 0 Å². The summed E-state index contributed by atoms with van der Waals surface area (Å²) >= 11 is 0. The highest BCUT2D eigenvalue weighted by molar-refractivity contribution is 5.90. The molecule has 6 heteroatoms. The van der Waals surface area contributed by atoms with Crippen LogP contribution in [0.2, 0.25) is 0 Å². The molecule has 0 spiro atoms. The molecule has 2 heterocycles. The van der Waals surface area contributed by atoms with Gasteiger partial charge in [-0.05, 0) is 48.7 Å². The second-order valence-electron chi connectivity index (χ2n) is 7.03. The minimum absolute atomic E-state index is 0.178. The number of pyridine rings is 1. The minimum Gasteiger partial charge on any atom is -0.311 e. The Morgan fingerprint density at radius 3 is 2.59 bits per heavy atom. The number of nitrogens with zero attached hydrogens (tertiary/aromatic N) is 2. The lowest BCUT2D eigenvalue weighted by atomic mass is 10.0. The number of hydrogen-bond donors (Lipinski definition) is 2. The molecule has 0 aliphatic carbocycles. The molecule has 0 saturated heterocycles. The van der Waals surface area contributed by atoms with Crippen molar-refractivity contribution >= 4 is 22.8 Å². The van der Waals surface area contributed by atoms with Crippen LogP contribution in [0.3, 0.4) is 0 Å². The van der Waals surface area contributed by atoms with E-state index in [0.717, 1.165) is 33.4 Å². The number of rotatable bonds is 5. The van der Waals surface area contributed by atoms with Gasteiger partial charge in [0.25, 0.3) is 0 Å². The van der Waals surface area contributed by atoms with Gasteiger partial charge in [-0.25, -0.2) is 9.78 Å². The zero-order chi connectivity index (χ0) is 20.4. The van der Waals surface area contributed by atoms with E-state index in [9.17, 15) is 9.59 Å². The van der Waals surface area contributed by atoms with Crippen LogP contribution in [0, 0.1) is 13.8 Å². The molecule has 0 unspecified atom stereocenters. The van der Waals surface area contributed by atoms with E-state index in [-0.39, 0.29) is 18.0 Å². The predicted molar refractivity (Wildman–Crippen MR) is 115 cm³/mol. The maximum Gasteiger partial charge on any atom is 0.326 e. The van der Waals surface area contributed by atoms with Gasteiger partial charge in [-0.2, -0.15) is 0 Å². The lowest BCUT2D eigenvalue weighted by molar-refractivity contribution is -0.116. The van der Waals surface area contributed by atoms with Gasteiger partial charge >= 0.3 is 5.69 Å². The van der Waals surface area contributed by atoms with Crippen molar-refractivity contribution in [3.63, 3.8) is 0 Å². The quantitative estimate of drug-likeness (QED) is 0.543. The number of H-pyrrole nitrogens is 1. The van der Waals surface area contributed by atoms with Crippen molar-refractivity contribution in [2.75, 3.05) is 5.32 Å². The summed E-state index contributed by atoms with van der Waals surface area (Å²) in [6.07, 6.45) is 0.178. The summed E-state index contributed by atoms with van der Waals surface area (Å²) in [4.78, 5) is 32.0. The molecule has 4 rings (SSSR count). The van der Waals surface area contributed by atoms with Crippen LogP contribution in [-0.4, -0.2) is 20.4 Å². The number of carbonyl (C=O) groups is 1. The van der Waals surface area contributed by atoms with Gasteiger partial charge in [0.15, 0.2) is 0 Å². The zero-order valence-electron chi connectivity index (χ0n) is 16.4. The summed E-state index contributed by atoms with van der Waals surface area (Å²) < 4.78 is 1.58. The molecule has 0 aliphatic rings. The topological polar surface area (TPSA) is 79.8 Å². The third kappa shape index (κ3) is 3.82. The monoisotopic (exact) mass is 386 g/mol. The van der Waals surface area contributed by atoms with Crippen LogP contribution in [-0.2, 0) is 11.3 Å². The number of aromatic nitrogens is 3. The van der Waals surface area contributed by atoms with Gasteiger partial charge in [-0.1, -0.05) is 42.5 Å². The highest BCUT2D eigenvalue weighted by Gasteiger charge is 2.12. The summed E-state index contributed by atoms with van der Waals surface area (Å²) in [5.41, 5.74) is 5.42. The number of benzene rings is 2. The number of aromatic amines is 1. The first kappa shape index (κ1) is 18.7. The molecule has 2 aromatic heterocycles. The number of imidazole rings is 1. The number of para-hydroxylation sites is 2. The fraction of sp³-hybridized carbons (Fsp3) is 0.174. The second-order valence-corrected chi connectivity index (χ2v) is 7.03. The average Bonchev–Trinajstić information content (AvgIpc) is 3.04. The van der Waals surface area contributed by atoms with E-state index in [1.54, 1.807) is 4.57 Å². The second kappa shape index (κ2) is 7.75. The van der Waals surface area contributed by atoms with Crippen LogP contribution in [0.25, 0.3) is 22.2 Å². The van der Waals surface area contributed by atoms with Crippen LogP contribution >= 0.6 is 0 Å². The van der Waals surface area contributed by atoms with E-state index in [4.69, 9.17) is 0 Å². The van der Waals surface area contributed by atoms with Crippen molar-refractivity contribution in [3.05, 3.63) is 82.4 Å². The average molecular weight is 386 g/mol. The summed E-state index contributed by atoms with van der Waals surface area (Å²) in [5.74, 6) is 0.333. The van der Waals surface area contributed by atoms with Crippen molar-refractivity contribution in [2.45, 2.75) is 26.8 Å². The molecular weight excluding hydrogens is 364 g/mol. The highest BCUT2D eigenvalue weighted by Crippen LogP contribution is 2.27. The third-order valence-electron chi connectivity index (χ3n) is 5.11. The molecule has 6 nitrogen and oxygen atoms in total. The molecule has 146 valence electrons. The molecule has 0 saturated carbocycles. The fourth-order valence-electron chi connectivity index (χ4n) is 3.47. The van der Waals surface area contributed by atoms with Crippen LogP contribution in [0.5, 0.6) is 0 Å². The molecule has 29 heavy (non-hydrogen) atoms. The number of fused-ring (bicyclic) bond motifs is 1.